The van der Waals surface area contributed by atoms with Crippen molar-refractivity contribution < 1.29 is 13.9 Å². The number of hydrogen-bond donors (Lipinski definition) is 1. The summed E-state index contributed by atoms with van der Waals surface area (Å²) in [4.78, 5) is 11.3. The van der Waals surface area contributed by atoms with Crippen molar-refractivity contribution in [2.24, 2.45) is 5.92 Å². The summed E-state index contributed by atoms with van der Waals surface area (Å²) < 4.78 is 17.0. The van der Waals surface area contributed by atoms with Gasteiger partial charge in [-0.2, -0.15) is 0 Å². The molecular formula is C13H15BrFNO2. The van der Waals surface area contributed by atoms with Crippen LogP contribution in [0.1, 0.15) is 18.4 Å². The second-order valence-corrected chi connectivity index (χ2v) is 5.76. The van der Waals surface area contributed by atoms with Crippen LogP contribution in [0.15, 0.2) is 30.3 Å². The lowest BCUT2D eigenvalue weighted by atomic mass is 10.2. The van der Waals surface area contributed by atoms with Gasteiger partial charge in [0.25, 0.3) is 0 Å². The first-order valence-electron chi connectivity index (χ1n) is 5.90. The molecule has 3 nitrogen and oxygen atoms in total. The van der Waals surface area contributed by atoms with Crippen LogP contribution in [-0.2, 0) is 11.3 Å². The van der Waals surface area contributed by atoms with Gasteiger partial charge < -0.3 is 10.1 Å². The summed E-state index contributed by atoms with van der Waals surface area (Å²) in [5.41, 5.74) is 0.943. The lowest BCUT2D eigenvalue weighted by Crippen LogP contribution is -2.25. The van der Waals surface area contributed by atoms with Crippen LogP contribution in [0, 0.1) is 5.92 Å². The maximum atomic E-state index is 13.1. The number of carbonyl (C=O) groups is 1. The number of alkyl halides is 2. The number of nitrogens with one attached hydrogen (secondary N) is 1. The average molecular weight is 316 g/mol. The van der Waals surface area contributed by atoms with E-state index in [0.29, 0.717) is 19.4 Å². The van der Waals surface area contributed by atoms with E-state index < -0.39 is 10.7 Å². The summed E-state index contributed by atoms with van der Waals surface area (Å²) in [5.74, 6) is 0.00641. The van der Waals surface area contributed by atoms with E-state index in [2.05, 4.69) is 21.2 Å². The average Bonchev–Trinajstić information content (AvgIpc) is 2.96. The van der Waals surface area contributed by atoms with Crippen molar-refractivity contribution >= 4 is 22.0 Å². The second-order valence-electron chi connectivity index (χ2n) is 4.44. The third-order valence-electron chi connectivity index (χ3n) is 2.93. The Morgan fingerprint density at radius 3 is 2.78 bits per heavy atom. The molecule has 1 aliphatic rings. The van der Waals surface area contributed by atoms with Crippen molar-refractivity contribution in [3.8, 4) is 0 Å². The Morgan fingerprint density at radius 2 is 2.17 bits per heavy atom. The largest absolute Gasteiger partial charge is 0.445 e. The van der Waals surface area contributed by atoms with E-state index in [9.17, 15) is 9.18 Å². The molecule has 18 heavy (non-hydrogen) atoms. The standard InChI is InChI=1S/C13H15BrFNO2/c14-13(15)8-11(13)6-7-16-12(17)18-9-10-4-2-1-3-5-10/h1-5,11H,6-9H2,(H,16,17). The molecule has 2 rings (SSSR count). The number of carbonyl (C=O) groups excluding carboxylic acids is 1. The van der Waals surface area contributed by atoms with E-state index in [1.807, 2.05) is 30.3 Å². The molecule has 1 aromatic carbocycles. The van der Waals surface area contributed by atoms with E-state index in [1.54, 1.807) is 0 Å². The zero-order valence-corrected chi connectivity index (χ0v) is 11.5. The summed E-state index contributed by atoms with van der Waals surface area (Å²) in [6.45, 7) is 0.692. The van der Waals surface area contributed by atoms with Gasteiger partial charge in [0.05, 0.1) is 0 Å². The zero-order valence-electron chi connectivity index (χ0n) is 9.86. The van der Waals surface area contributed by atoms with Gasteiger partial charge in [-0.1, -0.05) is 30.3 Å². The van der Waals surface area contributed by atoms with Crippen LogP contribution >= 0.6 is 15.9 Å². The van der Waals surface area contributed by atoms with Crippen LogP contribution in [0.2, 0.25) is 0 Å². The molecule has 0 radical (unpaired) electrons. The fourth-order valence-corrected chi connectivity index (χ4v) is 2.33. The highest BCUT2D eigenvalue weighted by Crippen LogP contribution is 2.54. The smallest absolute Gasteiger partial charge is 0.407 e. The SMILES string of the molecule is O=C(NCCC1CC1(F)Br)OCc1ccccc1. The van der Waals surface area contributed by atoms with E-state index in [-0.39, 0.29) is 12.5 Å². The summed E-state index contributed by atoms with van der Waals surface area (Å²) in [6.07, 6.45) is 0.689. The molecule has 0 saturated heterocycles. The van der Waals surface area contributed by atoms with Crippen LogP contribution in [0.25, 0.3) is 0 Å². The van der Waals surface area contributed by atoms with Crippen molar-refractivity contribution in [2.75, 3.05) is 6.54 Å². The monoisotopic (exact) mass is 315 g/mol. The Bertz CT molecular complexity index is 411. The number of rotatable bonds is 5. The first-order valence-corrected chi connectivity index (χ1v) is 6.69. The van der Waals surface area contributed by atoms with Crippen molar-refractivity contribution in [1.82, 2.24) is 5.32 Å². The molecule has 2 unspecified atom stereocenters. The van der Waals surface area contributed by atoms with Gasteiger partial charge in [0, 0.05) is 12.5 Å². The van der Waals surface area contributed by atoms with E-state index in [1.165, 1.54) is 0 Å². The maximum absolute atomic E-state index is 13.1. The summed E-state index contributed by atoms with van der Waals surface area (Å²) in [5, 5.41) is 2.61. The Morgan fingerprint density at radius 1 is 1.50 bits per heavy atom. The fourth-order valence-electron chi connectivity index (χ4n) is 1.71. The van der Waals surface area contributed by atoms with Crippen molar-refractivity contribution in [1.29, 1.82) is 0 Å². The number of amides is 1. The van der Waals surface area contributed by atoms with E-state index in [4.69, 9.17) is 4.74 Å². The molecular weight excluding hydrogens is 301 g/mol. The Labute approximate surface area is 114 Å². The van der Waals surface area contributed by atoms with Crippen molar-refractivity contribution in [3.63, 3.8) is 0 Å². The minimum atomic E-state index is -1.21. The van der Waals surface area contributed by atoms with Crippen LogP contribution in [0.4, 0.5) is 9.18 Å². The van der Waals surface area contributed by atoms with Crippen LogP contribution < -0.4 is 5.32 Å². The van der Waals surface area contributed by atoms with E-state index in [0.717, 1.165) is 5.56 Å². The van der Waals surface area contributed by atoms with Gasteiger partial charge in [0.2, 0.25) is 0 Å². The number of ether oxygens (including phenoxy) is 1. The highest BCUT2D eigenvalue weighted by molar-refractivity contribution is 9.10. The quantitative estimate of drug-likeness (QED) is 0.846. The predicted molar refractivity (Wildman–Crippen MR) is 70.1 cm³/mol. The van der Waals surface area contributed by atoms with E-state index >= 15 is 0 Å². The van der Waals surface area contributed by atoms with Gasteiger partial charge in [0.1, 0.15) is 6.61 Å². The molecule has 5 heteroatoms. The molecule has 0 heterocycles. The van der Waals surface area contributed by atoms with Crippen molar-refractivity contribution in [3.05, 3.63) is 35.9 Å². The number of hydrogen-bond acceptors (Lipinski definition) is 2. The highest BCUT2D eigenvalue weighted by atomic mass is 79.9. The van der Waals surface area contributed by atoms with Gasteiger partial charge in [-0.3, -0.25) is 0 Å². The molecule has 0 aliphatic heterocycles. The normalized spacial score (nSPS) is 25.6. The Kier molecular flexibility index (Phi) is 4.22. The van der Waals surface area contributed by atoms with Crippen LogP contribution in [-0.4, -0.2) is 17.2 Å². The molecule has 0 bridgehead atoms. The second kappa shape index (κ2) is 5.69. The van der Waals surface area contributed by atoms with Crippen LogP contribution in [0.5, 0.6) is 0 Å². The zero-order chi connectivity index (χ0) is 13.0. The maximum Gasteiger partial charge on any atom is 0.407 e. The van der Waals surface area contributed by atoms with Gasteiger partial charge in [-0.25, -0.2) is 9.18 Å². The van der Waals surface area contributed by atoms with Gasteiger partial charge in [-0.05, 0) is 34.3 Å². The molecule has 1 fully saturated rings. The summed E-state index contributed by atoms with van der Waals surface area (Å²) in [7, 11) is 0. The predicted octanol–water partition coefficient (Wildman–Crippen LogP) is 3.38. The molecule has 98 valence electrons. The third-order valence-corrected chi connectivity index (χ3v) is 3.90. The lowest BCUT2D eigenvalue weighted by molar-refractivity contribution is 0.139. The topological polar surface area (TPSA) is 38.3 Å². The Hall–Kier alpha value is -1.10. The molecule has 1 amide bonds. The van der Waals surface area contributed by atoms with Crippen molar-refractivity contribution in [2.45, 2.75) is 24.0 Å². The van der Waals surface area contributed by atoms with Gasteiger partial charge in [0.15, 0.2) is 4.58 Å². The van der Waals surface area contributed by atoms with Gasteiger partial charge >= 0.3 is 6.09 Å². The molecule has 2 atom stereocenters. The first-order chi connectivity index (χ1) is 8.58. The molecule has 1 aromatic rings. The molecule has 0 spiro atoms. The molecule has 0 aromatic heterocycles. The minimum absolute atomic E-state index is 0.00641. The fraction of sp³-hybridized carbons (Fsp3) is 0.462. The number of halogens is 2. The number of benzene rings is 1. The summed E-state index contributed by atoms with van der Waals surface area (Å²) >= 11 is 2.97. The van der Waals surface area contributed by atoms with Gasteiger partial charge in [-0.15, -0.1) is 0 Å². The molecule has 1 N–H and O–H groups in total. The summed E-state index contributed by atoms with van der Waals surface area (Å²) in [6, 6.07) is 9.46. The number of alkyl carbamates (subject to hydrolysis) is 1. The molecule has 1 saturated carbocycles. The first kappa shape index (κ1) is 13.3. The lowest BCUT2D eigenvalue weighted by Gasteiger charge is -2.06. The minimum Gasteiger partial charge on any atom is -0.445 e. The van der Waals surface area contributed by atoms with Crippen LogP contribution in [0.3, 0.4) is 0 Å². The highest BCUT2D eigenvalue weighted by Gasteiger charge is 2.52. The Balaban J connectivity index is 1.58. The third kappa shape index (κ3) is 3.98. The molecule has 1 aliphatic carbocycles.